The van der Waals surface area contributed by atoms with Crippen molar-refractivity contribution in [3.05, 3.63) is 58.1 Å². The Morgan fingerprint density at radius 1 is 1.09 bits per heavy atom. The minimum atomic E-state index is -1.13. The molecule has 114 valence electrons. The van der Waals surface area contributed by atoms with Crippen LogP contribution >= 0.6 is 23.2 Å². The number of hydrogen-bond donors (Lipinski definition) is 2. The molecular weight excluding hydrogens is 329 g/mol. The molecule has 7 heteroatoms. The van der Waals surface area contributed by atoms with Gasteiger partial charge in [0.1, 0.15) is 5.75 Å². The fraction of sp³-hybridized carbons (Fsp3) is 0.0667. The number of hydrogen-bond acceptors (Lipinski definition) is 3. The van der Waals surface area contributed by atoms with E-state index in [2.05, 4.69) is 5.32 Å². The van der Waals surface area contributed by atoms with Gasteiger partial charge in [0.2, 0.25) is 0 Å². The van der Waals surface area contributed by atoms with Crippen LogP contribution in [0.3, 0.4) is 0 Å². The van der Waals surface area contributed by atoms with Crippen molar-refractivity contribution in [2.24, 2.45) is 0 Å². The van der Waals surface area contributed by atoms with Gasteiger partial charge in [-0.05, 0) is 30.3 Å². The van der Waals surface area contributed by atoms with Crippen LogP contribution < -0.4 is 10.1 Å². The maximum atomic E-state index is 11.8. The van der Waals surface area contributed by atoms with Gasteiger partial charge in [-0.15, -0.1) is 0 Å². The number of carboxylic acids is 1. The Labute approximate surface area is 136 Å². The summed E-state index contributed by atoms with van der Waals surface area (Å²) in [6.45, 7) is -0.234. The third-order valence-corrected chi connectivity index (χ3v) is 3.30. The molecule has 0 fully saturated rings. The highest BCUT2D eigenvalue weighted by atomic mass is 35.5. The lowest BCUT2D eigenvalue weighted by atomic mass is 10.2. The summed E-state index contributed by atoms with van der Waals surface area (Å²) < 4.78 is 5.29. The monoisotopic (exact) mass is 339 g/mol. The summed E-state index contributed by atoms with van der Waals surface area (Å²) in [5, 5.41) is 11.9. The van der Waals surface area contributed by atoms with Crippen molar-refractivity contribution in [1.29, 1.82) is 0 Å². The van der Waals surface area contributed by atoms with Crippen molar-refractivity contribution in [3.8, 4) is 5.75 Å². The first-order valence-corrected chi connectivity index (χ1v) is 6.93. The van der Waals surface area contributed by atoms with E-state index in [4.69, 9.17) is 33.0 Å². The van der Waals surface area contributed by atoms with Crippen LogP contribution in [0.2, 0.25) is 10.0 Å². The van der Waals surface area contributed by atoms with Crippen molar-refractivity contribution in [2.45, 2.75) is 0 Å². The molecule has 0 atom stereocenters. The number of carbonyl (C=O) groups excluding carboxylic acids is 1. The van der Waals surface area contributed by atoms with Gasteiger partial charge in [0.25, 0.3) is 5.91 Å². The lowest BCUT2D eigenvalue weighted by Crippen LogP contribution is -2.20. The number of amides is 1. The van der Waals surface area contributed by atoms with Crippen LogP contribution in [0.15, 0.2) is 42.5 Å². The van der Waals surface area contributed by atoms with Gasteiger partial charge in [-0.25, -0.2) is 4.79 Å². The quantitative estimate of drug-likeness (QED) is 0.870. The van der Waals surface area contributed by atoms with Crippen LogP contribution in [-0.2, 0) is 4.79 Å². The molecule has 0 aliphatic carbocycles. The number of nitrogens with one attached hydrogen (secondary N) is 1. The zero-order valence-corrected chi connectivity index (χ0v) is 12.7. The third-order valence-electron chi connectivity index (χ3n) is 2.68. The van der Waals surface area contributed by atoms with Crippen LogP contribution in [0.5, 0.6) is 5.75 Å². The van der Waals surface area contributed by atoms with E-state index in [9.17, 15) is 9.59 Å². The van der Waals surface area contributed by atoms with Gasteiger partial charge in [0, 0.05) is 5.69 Å². The first kappa shape index (κ1) is 16.1. The lowest BCUT2D eigenvalue weighted by Gasteiger charge is -2.09. The lowest BCUT2D eigenvalue weighted by molar-refractivity contribution is -0.118. The normalized spacial score (nSPS) is 10.1. The van der Waals surface area contributed by atoms with Gasteiger partial charge in [-0.1, -0.05) is 35.3 Å². The highest BCUT2D eigenvalue weighted by Crippen LogP contribution is 2.23. The molecule has 2 N–H and O–H groups in total. The number of ether oxygens (including phenoxy) is 1. The second-order valence-corrected chi connectivity index (χ2v) is 5.08. The van der Waals surface area contributed by atoms with Crippen molar-refractivity contribution in [3.63, 3.8) is 0 Å². The molecule has 0 heterocycles. The Kier molecular flexibility index (Phi) is 5.25. The highest BCUT2D eigenvalue weighted by molar-refractivity contribution is 6.34. The predicted molar refractivity (Wildman–Crippen MR) is 84.0 cm³/mol. The van der Waals surface area contributed by atoms with Gasteiger partial charge < -0.3 is 15.2 Å². The highest BCUT2D eigenvalue weighted by Gasteiger charge is 2.11. The molecule has 5 nitrogen and oxygen atoms in total. The number of carbonyl (C=O) groups is 2. The zero-order chi connectivity index (χ0) is 16.1. The summed E-state index contributed by atoms with van der Waals surface area (Å²) in [7, 11) is 0. The minimum Gasteiger partial charge on any atom is -0.482 e. The fourth-order valence-electron chi connectivity index (χ4n) is 1.67. The van der Waals surface area contributed by atoms with E-state index in [1.807, 2.05) is 0 Å². The Morgan fingerprint density at radius 3 is 2.45 bits per heavy atom. The predicted octanol–water partition coefficient (Wildman–Crippen LogP) is 3.71. The van der Waals surface area contributed by atoms with Crippen LogP contribution in [-0.4, -0.2) is 23.6 Å². The van der Waals surface area contributed by atoms with E-state index < -0.39 is 11.9 Å². The average molecular weight is 340 g/mol. The molecule has 1 amide bonds. The molecule has 2 aromatic carbocycles. The van der Waals surface area contributed by atoms with E-state index in [-0.39, 0.29) is 17.2 Å². The summed E-state index contributed by atoms with van der Waals surface area (Å²) in [6, 6.07) is 10.9. The van der Waals surface area contributed by atoms with Crippen LogP contribution in [0.4, 0.5) is 5.69 Å². The molecule has 0 aliphatic heterocycles. The number of rotatable bonds is 5. The molecule has 22 heavy (non-hydrogen) atoms. The SMILES string of the molecule is O=C(COc1ccccc1Cl)Nc1ccc(C(=O)O)c(Cl)c1. The molecule has 0 aliphatic rings. The molecule has 0 aromatic heterocycles. The second-order valence-electron chi connectivity index (χ2n) is 4.27. The third kappa shape index (κ3) is 4.13. The smallest absolute Gasteiger partial charge is 0.337 e. The van der Waals surface area contributed by atoms with Gasteiger partial charge in [0.05, 0.1) is 15.6 Å². The van der Waals surface area contributed by atoms with E-state index in [0.29, 0.717) is 16.5 Å². The number of anilines is 1. The van der Waals surface area contributed by atoms with E-state index >= 15 is 0 Å². The van der Waals surface area contributed by atoms with Gasteiger partial charge in [-0.3, -0.25) is 4.79 Å². The molecular formula is C15H11Cl2NO4. The van der Waals surface area contributed by atoms with Crippen molar-refractivity contribution < 1.29 is 19.4 Å². The van der Waals surface area contributed by atoms with Crippen LogP contribution in [0.25, 0.3) is 0 Å². The Balaban J connectivity index is 1.96. The number of halogens is 2. The van der Waals surface area contributed by atoms with E-state index in [0.717, 1.165) is 0 Å². The summed E-state index contributed by atoms with van der Waals surface area (Å²) in [5.74, 6) is -1.15. The summed E-state index contributed by atoms with van der Waals surface area (Å²) in [4.78, 5) is 22.6. The maximum absolute atomic E-state index is 11.8. The first-order valence-electron chi connectivity index (χ1n) is 6.17. The number of aromatic carboxylic acids is 1. The minimum absolute atomic E-state index is 0.0352. The molecule has 0 radical (unpaired) electrons. The summed E-state index contributed by atoms with van der Waals surface area (Å²) in [5.41, 5.74) is 0.342. The zero-order valence-electron chi connectivity index (χ0n) is 11.2. The average Bonchev–Trinajstić information content (AvgIpc) is 2.46. The topological polar surface area (TPSA) is 75.6 Å². The standard InChI is InChI=1S/C15H11Cl2NO4/c16-11-3-1-2-4-13(11)22-8-14(19)18-9-5-6-10(15(20)21)12(17)7-9/h1-7H,8H2,(H,18,19)(H,20,21). The number of carboxylic acid groups (broad SMARTS) is 1. The van der Waals surface area contributed by atoms with E-state index in [1.165, 1.54) is 18.2 Å². The van der Waals surface area contributed by atoms with Crippen molar-refractivity contribution in [2.75, 3.05) is 11.9 Å². The van der Waals surface area contributed by atoms with Crippen LogP contribution in [0.1, 0.15) is 10.4 Å². The van der Waals surface area contributed by atoms with Crippen molar-refractivity contribution >= 4 is 40.8 Å². The molecule has 0 unspecified atom stereocenters. The molecule has 0 spiro atoms. The fourth-order valence-corrected chi connectivity index (χ4v) is 2.12. The molecule has 0 saturated heterocycles. The van der Waals surface area contributed by atoms with Gasteiger partial charge in [-0.2, -0.15) is 0 Å². The molecule has 0 saturated carbocycles. The van der Waals surface area contributed by atoms with Crippen molar-refractivity contribution in [1.82, 2.24) is 0 Å². The Morgan fingerprint density at radius 2 is 1.82 bits per heavy atom. The molecule has 2 rings (SSSR count). The number of benzene rings is 2. The second kappa shape index (κ2) is 7.15. The first-order chi connectivity index (χ1) is 10.5. The summed E-state index contributed by atoms with van der Waals surface area (Å²) in [6.07, 6.45) is 0. The Hall–Kier alpha value is -2.24. The molecule has 2 aromatic rings. The van der Waals surface area contributed by atoms with E-state index in [1.54, 1.807) is 24.3 Å². The number of para-hydroxylation sites is 1. The van der Waals surface area contributed by atoms with Crippen LogP contribution in [0, 0.1) is 0 Å². The van der Waals surface area contributed by atoms with Gasteiger partial charge in [0.15, 0.2) is 6.61 Å². The maximum Gasteiger partial charge on any atom is 0.337 e. The summed E-state index contributed by atoms with van der Waals surface area (Å²) >= 11 is 11.7. The Bertz CT molecular complexity index is 718. The molecule has 0 bridgehead atoms. The van der Waals surface area contributed by atoms with Gasteiger partial charge >= 0.3 is 5.97 Å². The largest absolute Gasteiger partial charge is 0.482 e.